The zero-order valence-electron chi connectivity index (χ0n) is 13.8. The minimum absolute atomic E-state index is 0.394. The molecule has 21 heavy (non-hydrogen) atoms. The maximum Gasteiger partial charge on any atom is 0.243 e. The second-order valence-electron chi connectivity index (χ2n) is 5.22. The fourth-order valence-electron chi connectivity index (χ4n) is 2.34. The van der Waals surface area contributed by atoms with E-state index in [9.17, 15) is 8.42 Å². The van der Waals surface area contributed by atoms with Crippen LogP contribution in [0.1, 0.15) is 44.7 Å². The van der Waals surface area contributed by atoms with E-state index in [1.807, 2.05) is 40.7 Å². The first kappa shape index (κ1) is 18.0. The third-order valence-corrected chi connectivity index (χ3v) is 5.38. The Hall–Kier alpha value is -1.07. The van der Waals surface area contributed by atoms with Gasteiger partial charge in [0.15, 0.2) is 0 Å². The van der Waals surface area contributed by atoms with E-state index in [-0.39, 0.29) is 0 Å². The van der Waals surface area contributed by atoms with Gasteiger partial charge in [-0.2, -0.15) is 4.31 Å². The summed E-state index contributed by atoms with van der Waals surface area (Å²) in [5, 5.41) is 0. The van der Waals surface area contributed by atoms with E-state index in [0.717, 1.165) is 29.7 Å². The molecule has 1 aromatic carbocycles. The molecule has 0 atom stereocenters. The highest BCUT2D eigenvalue weighted by Gasteiger charge is 2.25. The summed E-state index contributed by atoms with van der Waals surface area (Å²) in [5.41, 5.74) is 1.59. The Balaban J connectivity index is 3.27. The van der Waals surface area contributed by atoms with Crippen LogP contribution in [0.25, 0.3) is 0 Å². The summed E-state index contributed by atoms with van der Waals surface area (Å²) in [4.78, 5) is 0.394. The Bertz CT molecular complexity index is 561. The van der Waals surface area contributed by atoms with Crippen molar-refractivity contribution in [2.24, 2.45) is 0 Å². The van der Waals surface area contributed by atoms with Crippen LogP contribution in [0.2, 0.25) is 0 Å². The first-order valence-corrected chi connectivity index (χ1v) is 9.06. The van der Waals surface area contributed by atoms with E-state index < -0.39 is 10.0 Å². The van der Waals surface area contributed by atoms with Gasteiger partial charge in [-0.25, -0.2) is 8.42 Å². The third-order valence-electron chi connectivity index (χ3n) is 3.34. The largest absolute Gasteiger partial charge is 0.494 e. The summed E-state index contributed by atoms with van der Waals surface area (Å²) in [5.74, 6) is 0.756. The first-order chi connectivity index (χ1) is 9.88. The number of hydrogen-bond donors (Lipinski definition) is 0. The van der Waals surface area contributed by atoms with Crippen molar-refractivity contribution < 1.29 is 13.2 Å². The molecular formula is C16H27NO3S. The average molecular weight is 313 g/mol. The molecule has 5 heteroatoms. The molecule has 0 amide bonds. The second-order valence-corrected chi connectivity index (χ2v) is 7.13. The summed E-state index contributed by atoms with van der Waals surface area (Å²) in [7, 11) is -3.43. The highest BCUT2D eigenvalue weighted by molar-refractivity contribution is 7.89. The first-order valence-electron chi connectivity index (χ1n) is 7.62. The molecule has 0 bridgehead atoms. The van der Waals surface area contributed by atoms with Crippen LogP contribution in [-0.2, 0) is 10.0 Å². The van der Waals surface area contributed by atoms with Crippen molar-refractivity contribution in [3.8, 4) is 5.75 Å². The number of nitrogens with zero attached hydrogens (tertiary/aromatic N) is 1. The Morgan fingerprint density at radius 3 is 2.05 bits per heavy atom. The molecule has 120 valence electrons. The van der Waals surface area contributed by atoms with Crippen molar-refractivity contribution in [1.82, 2.24) is 4.31 Å². The van der Waals surface area contributed by atoms with Gasteiger partial charge in [0, 0.05) is 13.1 Å². The van der Waals surface area contributed by atoms with Gasteiger partial charge >= 0.3 is 0 Å². The van der Waals surface area contributed by atoms with E-state index in [0.29, 0.717) is 24.6 Å². The van der Waals surface area contributed by atoms with Crippen molar-refractivity contribution in [3.63, 3.8) is 0 Å². The van der Waals surface area contributed by atoms with Crippen molar-refractivity contribution >= 4 is 10.0 Å². The lowest BCUT2D eigenvalue weighted by Crippen LogP contribution is -2.33. The standard InChI is InChI=1S/C16H27NO3S/c1-6-9-17(10-7-2)21(18,19)16-12-13(4)15(20-8-3)11-14(16)5/h11-12H,6-10H2,1-5H3. The van der Waals surface area contributed by atoms with Crippen molar-refractivity contribution in [2.45, 2.75) is 52.4 Å². The average Bonchev–Trinajstić information content (AvgIpc) is 2.42. The number of aryl methyl sites for hydroxylation is 2. The molecule has 1 rings (SSSR count). The number of hydrogen-bond acceptors (Lipinski definition) is 3. The SMILES string of the molecule is CCCN(CCC)S(=O)(=O)c1cc(C)c(OCC)cc1C. The van der Waals surface area contributed by atoms with E-state index >= 15 is 0 Å². The Kier molecular flexibility index (Phi) is 6.68. The molecule has 0 N–H and O–H groups in total. The maximum atomic E-state index is 12.8. The molecule has 0 spiro atoms. The number of rotatable bonds is 8. The monoisotopic (exact) mass is 313 g/mol. The lowest BCUT2D eigenvalue weighted by molar-refractivity contribution is 0.337. The normalized spacial score (nSPS) is 11.9. The van der Waals surface area contributed by atoms with Gasteiger partial charge in [-0.05, 0) is 56.9 Å². The highest BCUT2D eigenvalue weighted by Crippen LogP contribution is 2.28. The summed E-state index contributed by atoms with van der Waals surface area (Å²) < 4.78 is 32.8. The van der Waals surface area contributed by atoms with Gasteiger partial charge in [-0.1, -0.05) is 13.8 Å². The quantitative estimate of drug-likeness (QED) is 0.738. The van der Waals surface area contributed by atoms with E-state index in [2.05, 4.69) is 0 Å². The zero-order chi connectivity index (χ0) is 16.0. The zero-order valence-corrected chi connectivity index (χ0v) is 14.6. The van der Waals surface area contributed by atoms with Gasteiger partial charge in [-0.15, -0.1) is 0 Å². The molecule has 0 heterocycles. The van der Waals surface area contributed by atoms with Gasteiger partial charge in [0.05, 0.1) is 11.5 Å². The minimum Gasteiger partial charge on any atom is -0.494 e. The topological polar surface area (TPSA) is 46.6 Å². The smallest absolute Gasteiger partial charge is 0.243 e. The molecule has 0 unspecified atom stereocenters. The van der Waals surface area contributed by atoms with Crippen LogP contribution in [0.15, 0.2) is 17.0 Å². The Morgan fingerprint density at radius 2 is 1.57 bits per heavy atom. The summed E-state index contributed by atoms with van der Waals surface area (Å²) in [6.45, 7) is 11.3. The predicted molar refractivity (Wildman–Crippen MR) is 86.4 cm³/mol. The van der Waals surface area contributed by atoms with Crippen LogP contribution in [0.5, 0.6) is 5.75 Å². The molecule has 0 saturated heterocycles. The maximum absolute atomic E-state index is 12.8. The highest BCUT2D eigenvalue weighted by atomic mass is 32.2. The molecule has 0 saturated carbocycles. The van der Waals surface area contributed by atoms with Crippen molar-refractivity contribution in [1.29, 1.82) is 0 Å². The van der Waals surface area contributed by atoms with E-state index in [1.54, 1.807) is 10.4 Å². The molecule has 4 nitrogen and oxygen atoms in total. The van der Waals surface area contributed by atoms with Crippen molar-refractivity contribution in [3.05, 3.63) is 23.3 Å². The molecule has 0 aliphatic carbocycles. The molecule has 0 aromatic heterocycles. The Morgan fingerprint density at radius 1 is 1.00 bits per heavy atom. The molecule has 0 aliphatic rings. The molecule has 1 aromatic rings. The fourth-order valence-corrected chi connectivity index (χ4v) is 4.26. The third kappa shape index (κ3) is 4.20. The van der Waals surface area contributed by atoms with Gasteiger partial charge < -0.3 is 4.74 Å². The van der Waals surface area contributed by atoms with E-state index in [1.165, 1.54) is 0 Å². The van der Waals surface area contributed by atoms with Gasteiger partial charge in [-0.3, -0.25) is 0 Å². The number of sulfonamides is 1. The van der Waals surface area contributed by atoms with Crippen LogP contribution in [0.3, 0.4) is 0 Å². The van der Waals surface area contributed by atoms with Gasteiger partial charge in [0.2, 0.25) is 10.0 Å². The predicted octanol–water partition coefficient (Wildman–Crippen LogP) is 3.51. The Labute approximate surface area is 129 Å². The fraction of sp³-hybridized carbons (Fsp3) is 0.625. The lowest BCUT2D eigenvalue weighted by Gasteiger charge is -2.23. The molecule has 0 fully saturated rings. The van der Waals surface area contributed by atoms with Gasteiger partial charge in [0.25, 0.3) is 0 Å². The number of ether oxygens (including phenoxy) is 1. The summed E-state index contributed by atoms with van der Waals surface area (Å²) in [6.07, 6.45) is 1.63. The lowest BCUT2D eigenvalue weighted by atomic mass is 10.1. The molecule has 0 aliphatic heterocycles. The number of benzene rings is 1. The van der Waals surface area contributed by atoms with E-state index in [4.69, 9.17) is 4.74 Å². The van der Waals surface area contributed by atoms with Crippen LogP contribution in [0.4, 0.5) is 0 Å². The minimum atomic E-state index is -3.43. The molecule has 0 radical (unpaired) electrons. The second kappa shape index (κ2) is 7.80. The summed E-state index contributed by atoms with van der Waals surface area (Å²) in [6, 6.07) is 3.55. The van der Waals surface area contributed by atoms with Crippen LogP contribution in [0, 0.1) is 13.8 Å². The van der Waals surface area contributed by atoms with Crippen molar-refractivity contribution in [2.75, 3.05) is 19.7 Å². The van der Waals surface area contributed by atoms with Crippen LogP contribution in [-0.4, -0.2) is 32.4 Å². The molecular weight excluding hydrogens is 286 g/mol. The summed E-state index contributed by atoms with van der Waals surface area (Å²) >= 11 is 0. The van der Waals surface area contributed by atoms with Crippen LogP contribution >= 0.6 is 0 Å². The van der Waals surface area contributed by atoms with Crippen LogP contribution < -0.4 is 4.74 Å². The van der Waals surface area contributed by atoms with Gasteiger partial charge in [0.1, 0.15) is 5.75 Å².